The van der Waals surface area contributed by atoms with Crippen LogP contribution in [-0.2, 0) is 0 Å². The van der Waals surface area contributed by atoms with Gasteiger partial charge in [0.2, 0.25) is 0 Å². The number of rotatable bonds is 4. The average Bonchev–Trinajstić information content (AvgIpc) is 2.35. The molecule has 3 heteroatoms. The molecule has 0 fully saturated rings. The molecule has 0 spiro atoms. The zero-order valence-corrected chi connectivity index (χ0v) is 10.7. The van der Waals surface area contributed by atoms with Crippen LogP contribution in [0.15, 0.2) is 42.5 Å². The highest BCUT2D eigenvalue weighted by Gasteiger charge is 1.96. The average molecular weight is 239 g/mol. The van der Waals surface area contributed by atoms with E-state index in [0.29, 0.717) is 0 Å². The molecular formula is C15H17N3. The number of nitrogens with one attached hydrogen (secondary N) is 1. The van der Waals surface area contributed by atoms with Gasteiger partial charge >= 0.3 is 0 Å². The second-order valence-corrected chi connectivity index (χ2v) is 4.14. The summed E-state index contributed by atoms with van der Waals surface area (Å²) in [5, 5.41) is 3.26. The third-order valence-electron chi connectivity index (χ3n) is 2.48. The van der Waals surface area contributed by atoms with Gasteiger partial charge in [-0.2, -0.15) is 0 Å². The first kappa shape index (κ1) is 12.3. The largest absolute Gasteiger partial charge is 0.366 e. The van der Waals surface area contributed by atoms with E-state index in [4.69, 9.17) is 0 Å². The van der Waals surface area contributed by atoms with Gasteiger partial charge in [0, 0.05) is 18.3 Å². The molecule has 3 nitrogen and oxygen atoms in total. The predicted molar refractivity (Wildman–Crippen MR) is 75.5 cm³/mol. The summed E-state index contributed by atoms with van der Waals surface area (Å²) >= 11 is 0. The van der Waals surface area contributed by atoms with E-state index in [1.54, 1.807) is 0 Å². The lowest BCUT2D eigenvalue weighted by Crippen LogP contribution is -2.03. The van der Waals surface area contributed by atoms with Crippen LogP contribution in [0, 0.1) is 13.8 Å². The van der Waals surface area contributed by atoms with Crippen LogP contribution in [0.2, 0.25) is 0 Å². The molecule has 1 aromatic carbocycles. The zero-order chi connectivity index (χ0) is 12.8. The Morgan fingerprint density at radius 3 is 2.61 bits per heavy atom. The van der Waals surface area contributed by atoms with Crippen molar-refractivity contribution in [1.29, 1.82) is 0 Å². The van der Waals surface area contributed by atoms with Gasteiger partial charge in [-0.1, -0.05) is 42.5 Å². The van der Waals surface area contributed by atoms with Gasteiger partial charge in [-0.3, -0.25) is 0 Å². The maximum absolute atomic E-state index is 4.32. The molecule has 0 aliphatic rings. The van der Waals surface area contributed by atoms with Crippen LogP contribution in [0.4, 0.5) is 5.82 Å². The van der Waals surface area contributed by atoms with E-state index in [1.165, 1.54) is 5.56 Å². The maximum atomic E-state index is 4.32. The lowest BCUT2D eigenvalue weighted by Gasteiger charge is -2.04. The predicted octanol–water partition coefficient (Wildman–Crippen LogP) is 3.22. The maximum Gasteiger partial charge on any atom is 0.130 e. The molecule has 2 aromatic rings. The molecule has 0 unspecified atom stereocenters. The first-order chi connectivity index (χ1) is 8.74. The van der Waals surface area contributed by atoms with E-state index in [9.17, 15) is 0 Å². The van der Waals surface area contributed by atoms with E-state index >= 15 is 0 Å². The lowest BCUT2D eigenvalue weighted by molar-refractivity contribution is 1.01. The summed E-state index contributed by atoms with van der Waals surface area (Å²) in [6.45, 7) is 4.63. The normalized spacial score (nSPS) is 10.8. The molecule has 1 aromatic heterocycles. The van der Waals surface area contributed by atoms with Crippen LogP contribution in [0.5, 0.6) is 0 Å². The van der Waals surface area contributed by atoms with Crippen molar-refractivity contribution in [1.82, 2.24) is 9.97 Å². The van der Waals surface area contributed by atoms with Gasteiger partial charge in [-0.05, 0) is 19.4 Å². The molecule has 0 aliphatic heterocycles. The third kappa shape index (κ3) is 3.70. The fourth-order valence-electron chi connectivity index (χ4n) is 1.73. The number of aryl methyl sites for hydroxylation is 2. The van der Waals surface area contributed by atoms with Crippen LogP contribution < -0.4 is 5.32 Å². The highest BCUT2D eigenvalue weighted by atomic mass is 15.0. The van der Waals surface area contributed by atoms with E-state index in [2.05, 4.69) is 39.6 Å². The van der Waals surface area contributed by atoms with Gasteiger partial charge in [0.1, 0.15) is 11.6 Å². The topological polar surface area (TPSA) is 37.8 Å². The quantitative estimate of drug-likeness (QED) is 0.890. The van der Waals surface area contributed by atoms with E-state index in [-0.39, 0.29) is 0 Å². The van der Waals surface area contributed by atoms with E-state index in [1.807, 2.05) is 38.1 Å². The van der Waals surface area contributed by atoms with Crippen molar-refractivity contribution < 1.29 is 0 Å². The monoisotopic (exact) mass is 239 g/mol. The Labute approximate surface area is 108 Å². The second-order valence-electron chi connectivity index (χ2n) is 4.14. The molecule has 0 saturated heterocycles. The SMILES string of the molecule is Cc1cc(NC/C=C/c2ccccc2)nc(C)n1. The summed E-state index contributed by atoms with van der Waals surface area (Å²) in [6.07, 6.45) is 4.18. The summed E-state index contributed by atoms with van der Waals surface area (Å²) in [4.78, 5) is 8.56. The van der Waals surface area contributed by atoms with Gasteiger partial charge < -0.3 is 5.32 Å². The standard InChI is InChI=1S/C15H17N3/c1-12-11-15(18-13(2)17-12)16-10-6-9-14-7-4-3-5-8-14/h3-9,11H,10H2,1-2H3,(H,16,17,18)/b9-6+. The molecule has 18 heavy (non-hydrogen) atoms. The van der Waals surface area contributed by atoms with Crippen LogP contribution in [-0.4, -0.2) is 16.5 Å². The summed E-state index contributed by atoms with van der Waals surface area (Å²) in [5.41, 5.74) is 2.19. The molecule has 1 heterocycles. The highest BCUT2D eigenvalue weighted by molar-refractivity contribution is 5.49. The Bertz CT molecular complexity index is 512. The van der Waals surface area contributed by atoms with Gasteiger partial charge in [-0.25, -0.2) is 9.97 Å². The van der Waals surface area contributed by atoms with Crippen molar-refractivity contribution in [3.63, 3.8) is 0 Å². The van der Waals surface area contributed by atoms with Crippen molar-refractivity contribution in [2.75, 3.05) is 11.9 Å². The second kappa shape index (κ2) is 5.96. The lowest BCUT2D eigenvalue weighted by atomic mass is 10.2. The summed E-state index contributed by atoms with van der Waals surface area (Å²) in [5.74, 6) is 1.67. The Hall–Kier alpha value is -2.16. The van der Waals surface area contributed by atoms with Gasteiger partial charge in [-0.15, -0.1) is 0 Å². The minimum Gasteiger partial charge on any atom is -0.366 e. The van der Waals surface area contributed by atoms with Crippen LogP contribution in [0.25, 0.3) is 6.08 Å². The first-order valence-electron chi connectivity index (χ1n) is 6.02. The van der Waals surface area contributed by atoms with Crippen LogP contribution in [0.1, 0.15) is 17.1 Å². The Kier molecular flexibility index (Phi) is 4.07. The number of aromatic nitrogens is 2. The smallest absolute Gasteiger partial charge is 0.130 e. The summed E-state index contributed by atoms with van der Waals surface area (Å²) < 4.78 is 0. The number of benzene rings is 1. The third-order valence-corrected chi connectivity index (χ3v) is 2.48. The Balaban J connectivity index is 1.90. The number of anilines is 1. The Morgan fingerprint density at radius 2 is 1.89 bits per heavy atom. The molecule has 0 aliphatic carbocycles. The summed E-state index contributed by atoms with van der Waals surface area (Å²) in [7, 11) is 0. The minimum atomic E-state index is 0.755. The van der Waals surface area contributed by atoms with Crippen molar-refractivity contribution in [2.24, 2.45) is 0 Å². The molecule has 0 amide bonds. The van der Waals surface area contributed by atoms with E-state index < -0.39 is 0 Å². The fourth-order valence-corrected chi connectivity index (χ4v) is 1.73. The molecule has 0 radical (unpaired) electrons. The summed E-state index contributed by atoms with van der Waals surface area (Å²) in [6, 6.07) is 12.2. The molecule has 0 atom stereocenters. The zero-order valence-electron chi connectivity index (χ0n) is 10.7. The van der Waals surface area contributed by atoms with Gasteiger partial charge in [0.15, 0.2) is 0 Å². The van der Waals surface area contributed by atoms with Crippen molar-refractivity contribution in [2.45, 2.75) is 13.8 Å². The molecule has 0 saturated carbocycles. The van der Waals surface area contributed by atoms with Crippen molar-refractivity contribution >= 4 is 11.9 Å². The van der Waals surface area contributed by atoms with Crippen LogP contribution in [0.3, 0.4) is 0 Å². The number of hydrogen-bond acceptors (Lipinski definition) is 3. The highest BCUT2D eigenvalue weighted by Crippen LogP contribution is 2.05. The minimum absolute atomic E-state index is 0.755. The van der Waals surface area contributed by atoms with Crippen molar-refractivity contribution in [3.8, 4) is 0 Å². The molecule has 2 rings (SSSR count). The molecular weight excluding hydrogens is 222 g/mol. The van der Waals surface area contributed by atoms with Gasteiger partial charge in [0.05, 0.1) is 0 Å². The number of hydrogen-bond donors (Lipinski definition) is 1. The number of nitrogens with zero attached hydrogens (tertiary/aromatic N) is 2. The molecule has 0 bridgehead atoms. The molecule has 92 valence electrons. The first-order valence-corrected chi connectivity index (χ1v) is 6.02. The van der Waals surface area contributed by atoms with E-state index in [0.717, 1.165) is 23.9 Å². The van der Waals surface area contributed by atoms with Crippen molar-refractivity contribution in [3.05, 3.63) is 59.6 Å². The molecule has 1 N–H and O–H groups in total. The van der Waals surface area contributed by atoms with Gasteiger partial charge in [0.25, 0.3) is 0 Å². The fraction of sp³-hybridized carbons (Fsp3) is 0.200. The Morgan fingerprint density at radius 1 is 1.11 bits per heavy atom. The van der Waals surface area contributed by atoms with Crippen LogP contribution >= 0.6 is 0 Å².